The van der Waals surface area contributed by atoms with Crippen molar-refractivity contribution in [2.45, 2.75) is 125 Å². The monoisotopic (exact) mass is 517 g/mol. The summed E-state index contributed by atoms with van der Waals surface area (Å²) in [4.78, 5) is 42.5. The molecule has 1 aromatic carbocycles. The lowest BCUT2D eigenvalue weighted by molar-refractivity contribution is -0.146. The van der Waals surface area contributed by atoms with Crippen molar-refractivity contribution in [2.24, 2.45) is 5.92 Å². The molecule has 1 aromatic rings. The van der Waals surface area contributed by atoms with E-state index >= 15 is 0 Å². The highest BCUT2D eigenvalue weighted by Crippen LogP contribution is 2.30. The van der Waals surface area contributed by atoms with Crippen molar-refractivity contribution in [1.29, 1.82) is 0 Å². The first-order valence-electron chi connectivity index (χ1n) is 13.9. The normalized spacial score (nSPS) is 14.8. The molecule has 0 saturated carbocycles. The first-order valence-corrected chi connectivity index (χ1v) is 13.9. The number of aryl methyl sites for hydroxylation is 2. The van der Waals surface area contributed by atoms with Gasteiger partial charge in [-0.1, -0.05) is 70.7 Å². The minimum Gasteiger partial charge on any atom is -0.444 e. The predicted molar refractivity (Wildman–Crippen MR) is 150 cm³/mol. The molecular formula is C30H51N3O4. The molecule has 3 amide bonds. The number of nitrogens with one attached hydrogen (secondary N) is 2. The van der Waals surface area contributed by atoms with Gasteiger partial charge in [-0.3, -0.25) is 9.59 Å². The van der Waals surface area contributed by atoms with Gasteiger partial charge in [0, 0.05) is 12.6 Å². The van der Waals surface area contributed by atoms with Gasteiger partial charge in [-0.15, -0.1) is 0 Å². The maximum absolute atomic E-state index is 14.3. The van der Waals surface area contributed by atoms with Gasteiger partial charge in [-0.05, 0) is 71.4 Å². The average molecular weight is 518 g/mol. The van der Waals surface area contributed by atoms with Crippen LogP contribution in [0.15, 0.2) is 18.2 Å². The van der Waals surface area contributed by atoms with Crippen molar-refractivity contribution in [2.75, 3.05) is 6.54 Å². The second-order valence-corrected chi connectivity index (χ2v) is 11.3. The Hall–Kier alpha value is -2.57. The number of carbonyl (C=O) groups is 3. The molecule has 0 heterocycles. The fourth-order valence-corrected chi connectivity index (χ4v) is 4.23. The van der Waals surface area contributed by atoms with E-state index < -0.39 is 23.8 Å². The van der Waals surface area contributed by atoms with E-state index in [1.165, 1.54) is 0 Å². The summed E-state index contributed by atoms with van der Waals surface area (Å²) in [5.41, 5.74) is 2.08. The Kier molecular flexibility index (Phi) is 13.2. The molecule has 0 aliphatic heterocycles. The molecule has 7 nitrogen and oxygen atoms in total. The number of amides is 3. The Morgan fingerprint density at radius 2 is 1.65 bits per heavy atom. The molecule has 7 heteroatoms. The summed E-state index contributed by atoms with van der Waals surface area (Å²) in [6.07, 6.45) is 3.67. The van der Waals surface area contributed by atoms with Crippen LogP contribution in [0.1, 0.15) is 110 Å². The van der Waals surface area contributed by atoms with Gasteiger partial charge in [0.1, 0.15) is 17.7 Å². The number of hydrogen-bond donors (Lipinski definition) is 2. The number of alkyl carbamates (subject to hydrolysis) is 1. The van der Waals surface area contributed by atoms with Gasteiger partial charge < -0.3 is 20.3 Å². The summed E-state index contributed by atoms with van der Waals surface area (Å²) in [6, 6.07) is 4.13. The Balaban J connectivity index is 3.57. The molecule has 0 aromatic heterocycles. The van der Waals surface area contributed by atoms with Crippen LogP contribution in [0.3, 0.4) is 0 Å². The Morgan fingerprint density at radius 1 is 1.00 bits per heavy atom. The van der Waals surface area contributed by atoms with Crippen LogP contribution in [0.2, 0.25) is 0 Å². The van der Waals surface area contributed by atoms with Gasteiger partial charge in [0.15, 0.2) is 0 Å². The van der Waals surface area contributed by atoms with Gasteiger partial charge in [0.2, 0.25) is 11.8 Å². The molecule has 0 spiro atoms. The summed E-state index contributed by atoms with van der Waals surface area (Å²) in [5.74, 6) is -0.624. The molecule has 4 atom stereocenters. The number of unbranched alkanes of at least 4 members (excludes halogenated alkanes) is 2. The molecule has 0 aliphatic rings. The highest BCUT2D eigenvalue weighted by Gasteiger charge is 2.40. The summed E-state index contributed by atoms with van der Waals surface area (Å²) in [6.45, 7) is 19.9. The van der Waals surface area contributed by atoms with Crippen LogP contribution in [-0.4, -0.2) is 47.0 Å². The minimum atomic E-state index is -0.825. The molecule has 210 valence electrons. The van der Waals surface area contributed by atoms with Crippen LogP contribution < -0.4 is 10.6 Å². The van der Waals surface area contributed by atoms with E-state index in [1.807, 2.05) is 59.7 Å². The number of ether oxygens (including phenoxy) is 1. The van der Waals surface area contributed by atoms with E-state index in [0.29, 0.717) is 19.4 Å². The molecule has 37 heavy (non-hydrogen) atoms. The zero-order valence-corrected chi connectivity index (χ0v) is 24.9. The zero-order chi connectivity index (χ0) is 28.3. The van der Waals surface area contributed by atoms with Crippen molar-refractivity contribution in [1.82, 2.24) is 15.5 Å². The van der Waals surface area contributed by atoms with E-state index in [4.69, 9.17) is 4.74 Å². The number of benzene rings is 1. The van der Waals surface area contributed by atoms with E-state index in [-0.39, 0.29) is 23.8 Å². The predicted octanol–water partition coefficient (Wildman–Crippen LogP) is 6.22. The number of hydrogen-bond acceptors (Lipinski definition) is 4. The van der Waals surface area contributed by atoms with Crippen molar-refractivity contribution < 1.29 is 19.1 Å². The largest absolute Gasteiger partial charge is 0.444 e. The second-order valence-electron chi connectivity index (χ2n) is 11.3. The van der Waals surface area contributed by atoms with Crippen LogP contribution in [0, 0.1) is 19.8 Å². The van der Waals surface area contributed by atoms with Crippen LogP contribution in [0.4, 0.5) is 4.79 Å². The first kappa shape index (κ1) is 32.5. The smallest absolute Gasteiger partial charge is 0.408 e. The molecule has 0 fully saturated rings. The molecule has 0 radical (unpaired) electrons. The molecule has 1 rings (SSSR count). The highest BCUT2D eigenvalue weighted by molar-refractivity contribution is 5.92. The average Bonchev–Trinajstić information content (AvgIpc) is 2.82. The van der Waals surface area contributed by atoms with Crippen molar-refractivity contribution in [3.8, 4) is 0 Å². The Morgan fingerprint density at radius 3 is 2.19 bits per heavy atom. The lowest BCUT2D eigenvalue weighted by atomic mass is 9.92. The van der Waals surface area contributed by atoms with Crippen LogP contribution in [0.5, 0.6) is 0 Å². The molecular weight excluding hydrogens is 466 g/mol. The van der Waals surface area contributed by atoms with E-state index in [0.717, 1.165) is 36.0 Å². The third kappa shape index (κ3) is 10.0. The Labute approximate surface area is 225 Å². The molecule has 2 N–H and O–H groups in total. The molecule has 0 aliphatic carbocycles. The van der Waals surface area contributed by atoms with Gasteiger partial charge in [-0.25, -0.2) is 4.79 Å². The maximum atomic E-state index is 14.3. The summed E-state index contributed by atoms with van der Waals surface area (Å²) >= 11 is 0. The lowest BCUT2D eigenvalue weighted by Crippen LogP contribution is -2.57. The van der Waals surface area contributed by atoms with Crippen LogP contribution >= 0.6 is 0 Å². The van der Waals surface area contributed by atoms with Crippen molar-refractivity contribution >= 4 is 17.9 Å². The second kappa shape index (κ2) is 15.0. The Bertz CT molecular complexity index is 893. The SMILES string of the molecule is CCCCCNC(=O)C(c1cc(C)ccc1C)N(C(=O)C(NC(=O)OC(C)(C)C)C(C)CC)C(C)CC. The number of carbonyl (C=O) groups excluding carboxylic acids is 3. The fraction of sp³-hybridized carbons (Fsp3) is 0.700. The van der Waals surface area contributed by atoms with Gasteiger partial charge in [0.25, 0.3) is 0 Å². The van der Waals surface area contributed by atoms with Crippen LogP contribution in [-0.2, 0) is 14.3 Å². The standard InChI is InChI=1S/C30H51N3O4/c1-11-14-15-18-31-27(34)26(24-19-20(4)16-17-22(24)6)33(23(7)13-3)28(35)25(21(5)12-2)32-29(36)37-30(8,9)10/h16-17,19,21,23,25-26H,11-15,18H2,1-10H3,(H,31,34)(H,32,36). The summed E-state index contributed by atoms with van der Waals surface area (Å²) in [7, 11) is 0. The van der Waals surface area contributed by atoms with E-state index in [1.54, 1.807) is 25.7 Å². The molecule has 0 saturated heterocycles. The number of rotatable bonds is 13. The minimum absolute atomic E-state index is 0.154. The topological polar surface area (TPSA) is 87.7 Å². The summed E-state index contributed by atoms with van der Waals surface area (Å²) in [5, 5.41) is 5.92. The van der Waals surface area contributed by atoms with E-state index in [9.17, 15) is 14.4 Å². The summed E-state index contributed by atoms with van der Waals surface area (Å²) < 4.78 is 5.48. The molecule has 4 unspecified atom stereocenters. The quantitative estimate of drug-likeness (QED) is 0.304. The third-order valence-electron chi connectivity index (χ3n) is 6.81. The number of nitrogens with zero attached hydrogens (tertiary/aromatic N) is 1. The van der Waals surface area contributed by atoms with Crippen molar-refractivity contribution in [3.63, 3.8) is 0 Å². The van der Waals surface area contributed by atoms with E-state index in [2.05, 4.69) is 17.6 Å². The van der Waals surface area contributed by atoms with Gasteiger partial charge >= 0.3 is 6.09 Å². The fourth-order valence-electron chi connectivity index (χ4n) is 4.23. The molecule has 0 bridgehead atoms. The zero-order valence-electron chi connectivity index (χ0n) is 24.9. The third-order valence-corrected chi connectivity index (χ3v) is 6.81. The van der Waals surface area contributed by atoms with Gasteiger partial charge in [0.05, 0.1) is 0 Å². The first-order chi connectivity index (χ1) is 17.3. The maximum Gasteiger partial charge on any atom is 0.408 e. The lowest BCUT2D eigenvalue weighted by Gasteiger charge is -2.40. The highest BCUT2D eigenvalue weighted by atomic mass is 16.6. The van der Waals surface area contributed by atoms with Gasteiger partial charge in [-0.2, -0.15) is 0 Å². The van der Waals surface area contributed by atoms with Crippen molar-refractivity contribution in [3.05, 3.63) is 34.9 Å². The van der Waals surface area contributed by atoms with Crippen LogP contribution in [0.25, 0.3) is 0 Å².